The van der Waals surface area contributed by atoms with Crippen molar-refractivity contribution < 1.29 is 26.9 Å². The molecule has 1 aromatic heterocycles. The third kappa shape index (κ3) is 10.1. The first kappa shape index (κ1) is 30.7. The van der Waals surface area contributed by atoms with Crippen molar-refractivity contribution >= 4 is 63.2 Å². The van der Waals surface area contributed by atoms with Crippen molar-refractivity contribution in [2.75, 3.05) is 7.11 Å². The van der Waals surface area contributed by atoms with E-state index >= 15 is 0 Å². The molecule has 0 aliphatic heterocycles. The molecule has 0 aliphatic rings. The number of aromatic nitrogens is 1. The molecule has 2 amide bonds. The van der Waals surface area contributed by atoms with E-state index in [1.54, 1.807) is 12.1 Å². The average Bonchev–Trinajstić information content (AvgIpc) is 3.33. The topological polar surface area (TPSA) is 150 Å². The second kappa shape index (κ2) is 14.5. The van der Waals surface area contributed by atoms with Crippen LogP contribution < -0.4 is 20.0 Å². The minimum absolute atomic E-state index is 0. The van der Waals surface area contributed by atoms with Crippen LogP contribution in [-0.2, 0) is 39.1 Å². The summed E-state index contributed by atoms with van der Waals surface area (Å²) < 4.78 is 31.7. The van der Waals surface area contributed by atoms with E-state index < -0.39 is 34.4 Å². The van der Waals surface area contributed by atoms with Crippen molar-refractivity contribution in [2.24, 2.45) is 5.14 Å². The van der Waals surface area contributed by atoms with E-state index in [4.69, 9.17) is 9.88 Å². The van der Waals surface area contributed by atoms with E-state index in [1.165, 1.54) is 30.6 Å². The monoisotopic (exact) mass is 556 g/mol. The molecular formula is C24H29N4NaO6S2. The SMILES string of the molecule is CCc1nc(C(Cc2ccc(OS(N)(=O)=O)cc2)NC(=O)C(Cc2ccccc2)NC(=O)OC)cs1.[NaH]. The molecule has 3 aromatic rings. The number of ether oxygens (including phenoxy) is 1. The van der Waals surface area contributed by atoms with Crippen molar-refractivity contribution in [1.29, 1.82) is 0 Å². The molecule has 0 fully saturated rings. The molecule has 0 saturated heterocycles. The van der Waals surface area contributed by atoms with Crippen molar-refractivity contribution in [2.45, 2.75) is 38.3 Å². The molecule has 2 aromatic carbocycles. The minimum atomic E-state index is -4.13. The van der Waals surface area contributed by atoms with Gasteiger partial charge < -0.3 is 19.6 Å². The molecule has 1 heterocycles. The van der Waals surface area contributed by atoms with Crippen LogP contribution in [0, 0.1) is 0 Å². The van der Waals surface area contributed by atoms with Crippen LogP contribution >= 0.6 is 11.3 Å². The van der Waals surface area contributed by atoms with E-state index in [9.17, 15) is 18.0 Å². The summed E-state index contributed by atoms with van der Waals surface area (Å²) in [5, 5.41) is 13.3. The third-order valence-corrected chi connectivity index (χ3v) is 6.63. The van der Waals surface area contributed by atoms with Crippen molar-refractivity contribution in [3.05, 3.63) is 81.8 Å². The number of hydrogen-bond acceptors (Lipinski definition) is 8. The molecular weight excluding hydrogens is 527 g/mol. The Morgan fingerprint density at radius 3 is 2.24 bits per heavy atom. The summed E-state index contributed by atoms with van der Waals surface area (Å²) in [6, 6.07) is 14.3. The first-order chi connectivity index (χ1) is 17.2. The summed E-state index contributed by atoms with van der Waals surface area (Å²) in [5.74, 6) is -0.316. The van der Waals surface area contributed by atoms with Crippen LogP contribution in [0.3, 0.4) is 0 Å². The maximum absolute atomic E-state index is 13.4. The molecule has 10 nitrogen and oxygen atoms in total. The summed E-state index contributed by atoms with van der Waals surface area (Å²) in [5.41, 5.74) is 2.36. The number of hydrogen-bond donors (Lipinski definition) is 3. The van der Waals surface area contributed by atoms with Gasteiger partial charge in [0.25, 0.3) is 0 Å². The second-order valence-corrected chi connectivity index (χ2v) is 9.98. The third-order valence-electron chi connectivity index (χ3n) is 5.20. The second-order valence-electron chi connectivity index (χ2n) is 7.88. The number of thiazole rings is 1. The van der Waals surface area contributed by atoms with Gasteiger partial charge in [-0.25, -0.2) is 9.78 Å². The Morgan fingerprint density at radius 2 is 1.68 bits per heavy atom. The Labute approximate surface area is 242 Å². The van der Waals surface area contributed by atoms with Crippen molar-refractivity contribution in [3.63, 3.8) is 0 Å². The Morgan fingerprint density at radius 1 is 1.03 bits per heavy atom. The predicted molar refractivity (Wildman–Crippen MR) is 143 cm³/mol. The van der Waals surface area contributed by atoms with E-state index in [-0.39, 0.29) is 41.7 Å². The van der Waals surface area contributed by atoms with Gasteiger partial charge in [-0.1, -0.05) is 49.4 Å². The van der Waals surface area contributed by atoms with Gasteiger partial charge in [0, 0.05) is 11.8 Å². The number of rotatable bonds is 11. The normalized spacial score (nSPS) is 12.5. The number of nitrogens with zero attached hydrogens (tertiary/aromatic N) is 1. The number of carbonyl (C=O) groups is 2. The molecule has 194 valence electrons. The van der Waals surface area contributed by atoms with Gasteiger partial charge in [-0.2, -0.15) is 13.6 Å². The molecule has 0 spiro atoms. The van der Waals surface area contributed by atoms with Crippen molar-refractivity contribution in [3.8, 4) is 5.75 Å². The zero-order chi connectivity index (χ0) is 26.1. The molecule has 0 saturated carbocycles. The van der Waals surface area contributed by atoms with Gasteiger partial charge in [0.15, 0.2) is 0 Å². The maximum atomic E-state index is 13.4. The summed E-state index contributed by atoms with van der Waals surface area (Å²) in [6.45, 7) is 2.00. The zero-order valence-electron chi connectivity index (χ0n) is 19.8. The van der Waals surface area contributed by atoms with Gasteiger partial charge in [0.2, 0.25) is 5.91 Å². The Hall–Kier alpha value is -2.48. The van der Waals surface area contributed by atoms with Gasteiger partial charge in [0.1, 0.15) is 11.8 Å². The fourth-order valence-corrected chi connectivity index (χ4v) is 4.64. The van der Waals surface area contributed by atoms with E-state index in [1.807, 2.05) is 42.6 Å². The fourth-order valence-electron chi connectivity index (χ4n) is 3.46. The van der Waals surface area contributed by atoms with Crippen LogP contribution in [0.5, 0.6) is 5.75 Å². The van der Waals surface area contributed by atoms with Crippen LogP contribution in [0.2, 0.25) is 0 Å². The van der Waals surface area contributed by atoms with Gasteiger partial charge in [-0.05, 0) is 36.1 Å². The standard InChI is InChI=1S/C24H28N4O6S2.Na.H/c1-3-22-26-21(15-35-22)19(13-17-9-11-18(12-10-17)34-36(25,31)32)27-23(29)20(28-24(30)33-2)14-16-7-5-4-6-8-16;;/h4-12,15,19-20H,3,13-14H2,1-2H3,(H,27,29)(H,28,30)(H2,25,31,32);;. The number of methoxy groups -OCH3 is 1. The first-order valence-electron chi connectivity index (χ1n) is 11.1. The van der Waals surface area contributed by atoms with Crippen LogP contribution in [-0.4, -0.2) is 68.1 Å². The van der Waals surface area contributed by atoms with Gasteiger partial charge in [-0.3, -0.25) is 4.79 Å². The number of alkyl carbamates (subject to hydrolysis) is 1. The number of amides is 2. The summed E-state index contributed by atoms with van der Waals surface area (Å²) in [7, 11) is -2.89. The molecule has 0 aliphatic carbocycles. The van der Waals surface area contributed by atoms with Gasteiger partial charge >= 0.3 is 46.0 Å². The van der Waals surface area contributed by atoms with Gasteiger partial charge in [-0.15, -0.1) is 11.3 Å². The van der Waals surface area contributed by atoms with Crippen molar-refractivity contribution in [1.82, 2.24) is 15.6 Å². The summed E-state index contributed by atoms with van der Waals surface area (Å²) in [6.07, 6.45) is 0.677. The molecule has 0 radical (unpaired) electrons. The molecule has 4 N–H and O–H groups in total. The quantitative estimate of drug-likeness (QED) is 0.306. The Kier molecular flexibility index (Phi) is 12.0. The first-order valence-corrected chi connectivity index (χ1v) is 13.5. The molecule has 13 heteroatoms. The Balaban J connectivity index is 0.00000481. The predicted octanol–water partition coefficient (Wildman–Crippen LogP) is 2.01. The zero-order valence-corrected chi connectivity index (χ0v) is 21.5. The number of benzene rings is 2. The number of carbonyl (C=O) groups excluding carboxylic acids is 2. The van der Waals surface area contributed by atoms with Crippen LogP contribution in [0.25, 0.3) is 0 Å². The number of aryl methyl sites for hydroxylation is 1. The average molecular weight is 557 g/mol. The summed E-state index contributed by atoms with van der Waals surface area (Å²) >= 11 is 1.50. The molecule has 0 bridgehead atoms. The Bertz CT molecular complexity index is 1270. The molecule has 37 heavy (non-hydrogen) atoms. The number of nitrogens with two attached hydrogens (primary N) is 1. The van der Waals surface area contributed by atoms with E-state index in [2.05, 4.69) is 19.8 Å². The van der Waals surface area contributed by atoms with E-state index in [0.29, 0.717) is 12.1 Å². The summed E-state index contributed by atoms with van der Waals surface area (Å²) in [4.78, 5) is 29.9. The van der Waals surface area contributed by atoms with Crippen LogP contribution in [0.15, 0.2) is 60.0 Å². The molecule has 3 rings (SSSR count). The fraction of sp³-hybridized carbons (Fsp3) is 0.292. The van der Waals surface area contributed by atoms with E-state index in [0.717, 1.165) is 22.6 Å². The van der Waals surface area contributed by atoms with Gasteiger partial charge in [0.05, 0.1) is 23.9 Å². The molecule has 2 atom stereocenters. The van der Waals surface area contributed by atoms with Crippen LogP contribution in [0.1, 0.15) is 34.8 Å². The molecule has 2 unspecified atom stereocenters. The number of nitrogens with one attached hydrogen (secondary N) is 2. The van der Waals surface area contributed by atoms with Crippen LogP contribution in [0.4, 0.5) is 4.79 Å².